The number of aromatic nitrogens is 2. The number of phenols is 1. The summed E-state index contributed by atoms with van der Waals surface area (Å²) < 4.78 is 4.84. The van der Waals surface area contributed by atoms with Crippen molar-refractivity contribution in [1.29, 1.82) is 0 Å². The maximum absolute atomic E-state index is 9.19. The second kappa shape index (κ2) is 3.70. The molecule has 15 heavy (non-hydrogen) atoms. The summed E-state index contributed by atoms with van der Waals surface area (Å²) in [6.45, 7) is 1.55. The first-order chi connectivity index (χ1) is 7.16. The number of nitrogens with zero attached hydrogens (tertiary/aromatic N) is 2. The molecule has 1 unspecified atom stereocenters. The van der Waals surface area contributed by atoms with Crippen molar-refractivity contribution >= 4 is 0 Å². The largest absolute Gasteiger partial charge is 0.508 e. The van der Waals surface area contributed by atoms with Crippen LogP contribution in [0.15, 0.2) is 28.8 Å². The quantitative estimate of drug-likeness (QED) is 0.778. The Morgan fingerprint density at radius 2 is 1.93 bits per heavy atom. The van der Waals surface area contributed by atoms with Crippen molar-refractivity contribution in [3.8, 4) is 17.1 Å². The van der Waals surface area contributed by atoms with Gasteiger partial charge in [-0.3, -0.25) is 0 Å². The molecule has 0 radical (unpaired) electrons. The number of aromatic hydroxyl groups is 1. The number of hydrogen-bond donors (Lipinski definition) is 2. The normalized spacial score (nSPS) is 12.7. The first kappa shape index (κ1) is 9.67. The van der Waals surface area contributed by atoms with E-state index in [2.05, 4.69) is 10.1 Å². The highest BCUT2D eigenvalue weighted by molar-refractivity contribution is 5.55. The zero-order valence-electron chi connectivity index (χ0n) is 8.08. The molecule has 0 spiro atoms. The minimum atomic E-state index is -0.775. The average Bonchev–Trinajstić information content (AvgIpc) is 2.68. The van der Waals surface area contributed by atoms with Crippen LogP contribution in [0.25, 0.3) is 11.4 Å². The van der Waals surface area contributed by atoms with E-state index < -0.39 is 6.10 Å². The molecule has 1 aromatic heterocycles. The van der Waals surface area contributed by atoms with E-state index in [0.717, 1.165) is 5.56 Å². The maximum atomic E-state index is 9.19. The molecule has 0 aliphatic heterocycles. The van der Waals surface area contributed by atoms with Crippen LogP contribution < -0.4 is 0 Å². The fourth-order valence-corrected chi connectivity index (χ4v) is 1.13. The minimum absolute atomic E-state index is 0.179. The Hall–Kier alpha value is -1.88. The van der Waals surface area contributed by atoms with Crippen molar-refractivity contribution in [3.05, 3.63) is 30.2 Å². The Morgan fingerprint density at radius 3 is 2.47 bits per heavy atom. The monoisotopic (exact) mass is 206 g/mol. The summed E-state index contributed by atoms with van der Waals surface area (Å²) >= 11 is 0. The third-order valence-electron chi connectivity index (χ3n) is 1.92. The van der Waals surface area contributed by atoms with Gasteiger partial charge in [-0.25, -0.2) is 0 Å². The lowest BCUT2D eigenvalue weighted by molar-refractivity contribution is 0.152. The molecular weight excluding hydrogens is 196 g/mol. The molecule has 0 aliphatic rings. The summed E-state index contributed by atoms with van der Waals surface area (Å²) in [5.41, 5.74) is 0.725. The third-order valence-corrected chi connectivity index (χ3v) is 1.92. The van der Waals surface area contributed by atoms with Gasteiger partial charge < -0.3 is 14.7 Å². The standard InChI is InChI=1S/C10H10N2O3/c1-6(13)10-11-9(12-15-10)7-2-4-8(14)5-3-7/h2-6,13-14H,1H3. The Balaban J connectivity index is 2.33. The molecule has 5 nitrogen and oxygen atoms in total. The molecule has 1 heterocycles. The van der Waals surface area contributed by atoms with Crippen molar-refractivity contribution in [2.45, 2.75) is 13.0 Å². The molecular formula is C10H10N2O3. The Labute approximate surface area is 86.0 Å². The number of benzene rings is 1. The van der Waals surface area contributed by atoms with Gasteiger partial charge in [0, 0.05) is 5.56 Å². The molecule has 0 saturated heterocycles. The van der Waals surface area contributed by atoms with Crippen LogP contribution in [0.3, 0.4) is 0 Å². The molecule has 2 rings (SSSR count). The second-order valence-corrected chi connectivity index (χ2v) is 3.18. The zero-order valence-corrected chi connectivity index (χ0v) is 8.08. The fraction of sp³-hybridized carbons (Fsp3) is 0.200. The molecule has 0 fully saturated rings. The Kier molecular flexibility index (Phi) is 2.39. The van der Waals surface area contributed by atoms with Crippen molar-refractivity contribution in [2.24, 2.45) is 0 Å². The smallest absolute Gasteiger partial charge is 0.255 e. The summed E-state index contributed by atoms with van der Waals surface area (Å²) in [5, 5.41) is 22.0. The van der Waals surface area contributed by atoms with Crippen molar-refractivity contribution in [3.63, 3.8) is 0 Å². The van der Waals surface area contributed by atoms with Gasteiger partial charge in [0.1, 0.15) is 11.9 Å². The topological polar surface area (TPSA) is 79.4 Å². The molecule has 0 bridgehead atoms. The van der Waals surface area contributed by atoms with Crippen molar-refractivity contribution in [1.82, 2.24) is 10.1 Å². The Bertz CT molecular complexity index is 448. The summed E-state index contributed by atoms with van der Waals surface area (Å²) in [7, 11) is 0. The lowest BCUT2D eigenvalue weighted by Crippen LogP contribution is -1.90. The predicted octanol–water partition coefficient (Wildman–Crippen LogP) is 1.50. The molecule has 0 saturated carbocycles. The molecule has 1 aromatic carbocycles. The van der Waals surface area contributed by atoms with E-state index >= 15 is 0 Å². The third kappa shape index (κ3) is 1.97. The maximum Gasteiger partial charge on any atom is 0.255 e. The van der Waals surface area contributed by atoms with E-state index in [-0.39, 0.29) is 11.6 Å². The van der Waals surface area contributed by atoms with E-state index in [1.165, 1.54) is 12.1 Å². The average molecular weight is 206 g/mol. The van der Waals surface area contributed by atoms with E-state index in [0.29, 0.717) is 5.82 Å². The highest BCUT2D eigenvalue weighted by atomic mass is 16.5. The first-order valence-electron chi connectivity index (χ1n) is 4.48. The fourth-order valence-electron chi connectivity index (χ4n) is 1.13. The van der Waals surface area contributed by atoms with Crippen LogP contribution in [-0.4, -0.2) is 20.4 Å². The van der Waals surface area contributed by atoms with Gasteiger partial charge in [-0.05, 0) is 31.2 Å². The van der Waals surface area contributed by atoms with Gasteiger partial charge in [0.15, 0.2) is 0 Å². The summed E-state index contributed by atoms with van der Waals surface area (Å²) in [6.07, 6.45) is -0.775. The number of aliphatic hydroxyl groups excluding tert-OH is 1. The van der Waals surface area contributed by atoms with E-state index in [4.69, 9.17) is 9.63 Å². The molecule has 1 atom stereocenters. The van der Waals surface area contributed by atoms with Gasteiger partial charge in [-0.1, -0.05) is 5.16 Å². The number of hydrogen-bond acceptors (Lipinski definition) is 5. The van der Waals surface area contributed by atoms with Crippen LogP contribution in [0.4, 0.5) is 0 Å². The van der Waals surface area contributed by atoms with Gasteiger partial charge in [0.05, 0.1) is 0 Å². The number of phenolic OH excluding ortho intramolecular Hbond substituents is 1. The SMILES string of the molecule is CC(O)c1nc(-c2ccc(O)cc2)no1. The van der Waals surface area contributed by atoms with Gasteiger partial charge >= 0.3 is 0 Å². The molecule has 0 aliphatic carbocycles. The second-order valence-electron chi connectivity index (χ2n) is 3.18. The van der Waals surface area contributed by atoms with Crippen molar-refractivity contribution in [2.75, 3.05) is 0 Å². The lowest BCUT2D eigenvalue weighted by Gasteiger charge is -1.94. The van der Waals surface area contributed by atoms with Crippen LogP contribution in [0.1, 0.15) is 18.9 Å². The van der Waals surface area contributed by atoms with Gasteiger partial charge in [0.2, 0.25) is 5.82 Å². The summed E-state index contributed by atoms with van der Waals surface area (Å²) in [5.74, 6) is 0.752. The Morgan fingerprint density at radius 1 is 1.27 bits per heavy atom. The van der Waals surface area contributed by atoms with Gasteiger partial charge in [0.25, 0.3) is 5.89 Å². The number of rotatable bonds is 2. The molecule has 0 amide bonds. The van der Waals surface area contributed by atoms with E-state index in [9.17, 15) is 5.11 Å². The highest BCUT2D eigenvalue weighted by Crippen LogP contribution is 2.20. The summed E-state index contributed by atoms with van der Waals surface area (Å²) in [6, 6.07) is 6.42. The highest BCUT2D eigenvalue weighted by Gasteiger charge is 2.12. The lowest BCUT2D eigenvalue weighted by atomic mass is 10.2. The minimum Gasteiger partial charge on any atom is -0.508 e. The zero-order chi connectivity index (χ0) is 10.8. The van der Waals surface area contributed by atoms with Crippen molar-refractivity contribution < 1.29 is 14.7 Å². The predicted molar refractivity (Wildman–Crippen MR) is 52.0 cm³/mol. The van der Waals surface area contributed by atoms with Gasteiger partial charge in [-0.15, -0.1) is 0 Å². The molecule has 5 heteroatoms. The van der Waals surface area contributed by atoms with E-state index in [1.54, 1.807) is 19.1 Å². The summed E-state index contributed by atoms with van der Waals surface area (Å²) in [4.78, 5) is 4.00. The molecule has 78 valence electrons. The molecule has 2 N–H and O–H groups in total. The van der Waals surface area contributed by atoms with Crippen LogP contribution in [0.2, 0.25) is 0 Å². The molecule has 2 aromatic rings. The van der Waals surface area contributed by atoms with Gasteiger partial charge in [-0.2, -0.15) is 4.98 Å². The van der Waals surface area contributed by atoms with Crippen LogP contribution in [-0.2, 0) is 0 Å². The van der Waals surface area contributed by atoms with Crippen LogP contribution in [0.5, 0.6) is 5.75 Å². The van der Waals surface area contributed by atoms with Crippen LogP contribution in [0, 0.1) is 0 Å². The van der Waals surface area contributed by atoms with E-state index in [1.807, 2.05) is 0 Å². The number of aliphatic hydroxyl groups is 1. The first-order valence-corrected chi connectivity index (χ1v) is 4.48. The van der Waals surface area contributed by atoms with Crippen LogP contribution >= 0.6 is 0 Å².